The summed E-state index contributed by atoms with van der Waals surface area (Å²) in [5.74, 6) is 1.63. The summed E-state index contributed by atoms with van der Waals surface area (Å²) in [5.41, 5.74) is 8.57. The molecular formula is C13H22N4. The molecule has 1 aliphatic carbocycles. The van der Waals surface area contributed by atoms with Gasteiger partial charge in [0.25, 0.3) is 0 Å². The zero-order valence-electron chi connectivity index (χ0n) is 10.7. The Kier molecular flexibility index (Phi) is 3.94. The van der Waals surface area contributed by atoms with Crippen molar-refractivity contribution in [1.29, 1.82) is 0 Å². The summed E-state index contributed by atoms with van der Waals surface area (Å²) in [6.45, 7) is 5.19. The lowest BCUT2D eigenvalue weighted by Crippen LogP contribution is -2.31. The molecule has 94 valence electrons. The van der Waals surface area contributed by atoms with Crippen LogP contribution in [0.25, 0.3) is 0 Å². The molecule has 0 amide bonds. The predicted molar refractivity (Wildman–Crippen MR) is 70.0 cm³/mol. The van der Waals surface area contributed by atoms with Crippen LogP contribution in [0, 0.1) is 5.92 Å². The summed E-state index contributed by atoms with van der Waals surface area (Å²) in [6, 6.07) is 0.196. The molecule has 1 aromatic heterocycles. The first-order valence-corrected chi connectivity index (χ1v) is 6.49. The summed E-state index contributed by atoms with van der Waals surface area (Å²) in [5, 5.41) is 3.37. The molecule has 1 aromatic rings. The number of rotatable bonds is 5. The van der Waals surface area contributed by atoms with E-state index in [-0.39, 0.29) is 6.04 Å². The van der Waals surface area contributed by atoms with Crippen molar-refractivity contribution < 1.29 is 0 Å². The van der Waals surface area contributed by atoms with Gasteiger partial charge in [-0.15, -0.1) is 0 Å². The first-order chi connectivity index (χ1) is 8.16. The van der Waals surface area contributed by atoms with Gasteiger partial charge in [-0.05, 0) is 31.6 Å². The van der Waals surface area contributed by atoms with E-state index in [4.69, 9.17) is 5.73 Å². The number of nitrogens with one attached hydrogen (secondary N) is 1. The normalized spacial score (nSPS) is 16.0. The Bertz CT molecular complexity index is 376. The van der Waals surface area contributed by atoms with Gasteiger partial charge in [0.15, 0.2) is 0 Å². The van der Waals surface area contributed by atoms with E-state index >= 15 is 0 Å². The molecule has 0 bridgehead atoms. The minimum absolute atomic E-state index is 0.196. The second kappa shape index (κ2) is 5.45. The van der Waals surface area contributed by atoms with Crippen LogP contribution in [-0.4, -0.2) is 22.6 Å². The summed E-state index contributed by atoms with van der Waals surface area (Å²) in [7, 11) is 0. The van der Waals surface area contributed by atoms with Gasteiger partial charge in [-0.3, -0.25) is 0 Å². The third-order valence-electron chi connectivity index (χ3n) is 3.18. The molecule has 0 saturated carbocycles. The first-order valence-electron chi connectivity index (χ1n) is 6.49. The SMILES string of the molecule is CC(C)CC(N)CNc1ncnc2c1CCC2. The fraction of sp³-hybridized carbons (Fsp3) is 0.692. The number of hydrogen-bond donors (Lipinski definition) is 2. The Morgan fingerprint density at radius 2 is 2.18 bits per heavy atom. The van der Waals surface area contributed by atoms with Crippen molar-refractivity contribution in [3.8, 4) is 0 Å². The van der Waals surface area contributed by atoms with E-state index in [0.717, 1.165) is 31.6 Å². The average Bonchev–Trinajstić information content (AvgIpc) is 2.73. The van der Waals surface area contributed by atoms with Crippen LogP contribution in [0.3, 0.4) is 0 Å². The Hall–Kier alpha value is -1.16. The van der Waals surface area contributed by atoms with Crippen molar-refractivity contribution >= 4 is 5.82 Å². The third kappa shape index (κ3) is 3.16. The van der Waals surface area contributed by atoms with Gasteiger partial charge in [-0.2, -0.15) is 0 Å². The number of aromatic nitrogens is 2. The fourth-order valence-corrected chi connectivity index (χ4v) is 2.43. The standard InChI is InChI=1S/C13H22N4/c1-9(2)6-10(14)7-15-13-11-4-3-5-12(11)16-8-17-13/h8-10H,3-7,14H2,1-2H3,(H,15,16,17). The molecule has 3 N–H and O–H groups in total. The maximum Gasteiger partial charge on any atom is 0.132 e. The van der Waals surface area contributed by atoms with Crippen molar-refractivity contribution in [3.05, 3.63) is 17.6 Å². The lowest BCUT2D eigenvalue weighted by atomic mass is 10.0. The molecule has 0 fully saturated rings. The molecule has 1 heterocycles. The van der Waals surface area contributed by atoms with Gasteiger partial charge in [0, 0.05) is 23.8 Å². The van der Waals surface area contributed by atoms with Crippen molar-refractivity contribution in [2.24, 2.45) is 11.7 Å². The van der Waals surface area contributed by atoms with Crippen molar-refractivity contribution in [2.45, 2.75) is 45.6 Å². The molecule has 4 nitrogen and oxygen atoms in total. The molecule has 1 unspecified atom stereocenters. The van der Waals surface area contributed by atoms with E-state index in [2.05, 4.69) is 29.1 Å². The average molecular weight is 234 g/mol. The minimum Gasteiger partial charge on any atom is -0.368 e. The maximum atomic E-state index is 6.06. The number of hydrogen-bond acceptors (Lipinski definition) is 4. The zero-order valence-corrected chi connectivity index (χ0v) is 10.7. The molecule has 0 aliphatic heterocycles. The van der Waals surface area contributed by atoms with Crippen molar-refractivity contribution in [1.82, 2.24) is 9.97 Å². The number of anilines is 1. The fourth-order valence-electron chi connectivity index (χ4n) is 2.43. The third-order valence-corrected chi connectivity index (χ3v) is 3.18. The first kappa shape index (κ1) is 12.3. The van der Waals surface area contributed by atoms with Crippen LogP contribution in [0.4, 0.5) is 5.82 Å². The van der Waals surface area contributed by atoms with Gasteiger partial charge in [-0.1, -0.05) is 13.8 Å². The summed E-state index contributed by atoms with van der Waals surface area (Å²) in [6.07, 6.45) is 6.07. The summed E-state index contributed by atoms with van der Waals surface area (Å²) >= 11 is 0. The molecule has 0 saturated heterocycles. The number of nitrogens with zero attached hydrogens (tertiary/aromatic N) is 2. The quantitative estimate of drug-likeness (QED) is 0.814. The second-order valence-electron chi connectivity index (χ2n) is 5.27. The Morgan fingerprint density at radius 1 is 1.35 bits per heavy atom. The van der Waals surface area contributed by atoms with E-state index in [1.165, 1.54) is 17.7 Å². The van der Waals surface area contributed by atoms with Crippen LogP contribution < -0.4 is 11.1 Å². The van der Waals surface area contributed by atoms with Crippen LogP contribution in [0.5, 0.6) is 0 Å². The molecule has 0 radical (unpaired) electrons. The summed E-state index contributed by atoms with van der Waals surface area (Å²) < 4.78 is 0. The highest BCUT2D eigenvalue weighted by Gasteiger charge is 2.17. The Labute approximate surface area is 103 Å². The lowest BCUT2D eigenvalue weighted by Gasteiger charge is -2.16. The van der Waals surface area contributed by atoms with Crippen LogP contribution in [0.15, 0.2) is 6.33 Å². The maximum absolute atomic E-state index is 6.06. The topological polar surface area (TPSA) is 63.8 Å². The summed E-state index contributed by atoms with van der Waals surface area (Å²) in [4.78, 5) is 8.64. The van der Waals surface area contributed by atoms with E-state index in [9.17, 15) is 0 Å². The van der Waals surface area contributed by atoms with E-state index in [1.807, 2.05) is 0 Å². The van der Waals surface area contributed by atoms with Gasteiger partial charge in [0.05, 0.1) is 0 Å². The minimum atomic E-state index is 0.196. The molecule has 17 heavy (non-hydrogen) atoms. The molecular weight excluding hydrogens is 212 g/mol. The van der Waals surface area contributed by atoms with Gasteiger partial charge < -0.3 is 11.1 Å². The van der Waals surface area contributed by atoms with Gasteiger partial charge in [0.1, 0.15) is 12.1 Å². The van der Waals surface area contributed by atoms with Gasteiger partial charge in [-0.25, -0.2) is 9.97 Å². The molecule has 2 rings (SSSR count). The highest BCUT2D eigenvalue weighted by atomic mass is 15.0. The number of fused-ring (bicyclic) bond motifs is 1. The molecule has 0 aromatic carbocycles. The highest BCUT2D eigenvalue weighted by molar-refractivity contribution is 5.47. The number of nitrogens with two attached hydrogens (primary N) is 1. The van der Waals surface area contributed by atoms with E-state index in [0.29, 0.717) is 5.92 Å². The Morgan fingerprint density at radius 3 is 2.94 bits per heavy atom. The molecule has 1 aliphatic rings. The van der Waals surface area contributed by atoms with Crippen LogP contribution in [0.2, 0.25) is 0 Å². The monoisotopic (exact) mass is 234 g/mol. The van der Waals surface area contributed by atoms with Crippen LogP contribution in [0.1, 0.15) is 37.9 Å². The molecule has 1 atom stereocenters. The van der Waals surface area contributed by atoms with Crippen molar-refractivity contribution in [2.75, 3.05) is 11.9 Å². The van der Waals surface area contributed by atoms with E-state index < -0.39 is 0 Å². The largest absolute Gasteiger partial charge is 0.368 e. The van der Waals surface area contributed by atoms with Crippen LogP contribution >= 0.6 is 0 Å². The van der Waals surface area contributed by atoms with Gasteiger partial charge >= 0.3 is 0 Å². The van der Waals surface area contributed by atoms with Crippen LogP contribution in [-0.2, 0) is 12.8 Å². The molecule has 0 spiro atoms. The lowest BCUT2D eigenvalue weighted by molar-refractivity contribution is 0.508. The second-order valence-corrected chi connectivity index (χ2v) is 5.27. The predicted octanol–water partition coefficient (Wildman–Crippen LogP) is 1.75. The number of aryl methyl sites for hydroxylation is 1. The Balaban J connectivity index is 1.93. The highest BCUT2D eigenvalue weighted by Crippen LogP contribution is 2.24. The molecule has 4 heteroatoms. The van der Waals surface area contributed by atoms with E-state index in [1.54, 1.807) is 6.33 Å². The zero-order chi connectivity index (χ0) is 12.3. The van der Waals surface area contributed by atoms with Crippen molar-refractivity contribution in [3.63, 3.8) is 0 Å². The smallest absolute Gasteiger partial charge is 0.132 e. The van der Waals surface area contributed by atoms with Gasteiger partial charge in [0.2, 0.25) is 0 Å².